The number of aryl methyl sites for hydroxylation is 1. The minimum atomic E-state index is -3.86. The van der Waals surface area contributed by atoms with Crippen LogP contribution >= 0.6 is 0 Å². The molecule has 0 radical (unpaired) electrons. The topological polar surface area (TPSA) is 102 Å². The highest BCUT2D eigenvalue weighted by molar-refractivity contribution is 7.89. The molecule has 6 nitrogen and oxygen atoms in total. The van der Waals surface area contributed by atoms with E-state index in [1.807, 2.05) is 0 Å². The minimum absolute atomic E-state index is 0.150. The fourth-order valence-electron chi connectivity index (χ4n) is 2.37. The molecule has 0 aromatic carbocycles. The second-order valence-corrected chi connectivity index (χ2v) is 7.61. The molecule has 0 bridgehead atoms. The first kappa shape index (κ1) is 15.9. The van der Waals surface area contributed by atoms with Crippen LogP contribution < -0.4 is 10.5 Å². The van der Waals surface area contributed by atoms with Crippen molar-refractivity contribution < 1.29 is 13.2 Å². The van der Waals surface area contributed by atoms with Gasteiger partial charge in [0.05, 0.1) is 11.3 Å². The lowest BCUT2D eigenvalue weighted by atomic mass is 9.92. The third-order valence-electron chi connectivity index (χ3n) is 4.35. The van der Waals surface area contributed by atoms with Gasteiger partial charge in [-0.15, -0.1) is 0 Å². The molecule has 1 aromatic heterocycles. The lowest BCUT2D eigenvalue weighted by Gasteiger charge is -2.20. The maximum atomic E-state index is 12.3. The van der Waals surface area contributed by atoms with Gasteiger partial charge in [-0.05, 0) is 37.2 Å². The number of hydrogen-bond acceptors (Lipinski definition) is 4. The van der Waals surface area contributed by atoms with Crippen molar-refractivity contribution in [3.63, 3.8) is 0 Å². The van der Waals surface area contributed by atoms with Gasteiger partial charge in [0.15, 0.2) is 0 Å². The molecule has 0 spiro atoms. The predicted molar refractivity (Wildman–Crippen MR) is 79.2 cm³/mol. The predicted octanol–water partition coefficient (Wildman–Crippen LogP) is 1.20. The third-order valence-corrected chi connectivity index (χ3v) is 5.23. The number of nitrogens with two attached hydrogens (primary N) is 1. The van der Waals surface area contributed by atoms with E-state index in [9.17, 15) is 13.2 Å². The molecule has 2 rings (SSSR count). The van der Waals surface area contributed by atoms with Crippen LogP contribution in [0, 0.1) is 18.3 Å². The first-order chi connectivity index (χ1) is 9.66. The molecule has 1 heterocycles. The molecule has 1 aliphatic rings. The lowest BCUT2D eigenvalue weighted by Crippen LogP contribution is -2.33. The largest absolute Gasteiger partial charge is 0.351 e. The summed E-state index contributed by atoms with van der Waals surface area (Å²) in [5.74, 6) is 0.199. The van der Waals surface area contributed by atoms with E-state index in [0.29, 0.717) is 18.2 Å². The Morgan fingerprint density at radius 2 is 2.10 bits per heavy atom. The van der Waals surface area contributed by atoms with E-state index in [2.05, 4.69) is 24.1 Å². The van der Waals surface area contributed by atoms with Crippen molar-refractivity contribution in [3.8, 4) is 0 Å². The summed E-state index contributed by atoms with van der Waals surface area (Å²) in [6.07, 6.45) is 3.39. The molecule has 1 aliphatic carbocycles. The van der Waals surface area contributed by atoms with Crippen LogP contribution in [0.25, 0.3) is 0 Å². The summed E-state index contributed by atoms with van der Waals surface area (Å²) in [7, 11) is -3.86. The highest BCUT2D eigenvalue weighted by atomic mass is 32.2. The SMILES string of the molecule is Cc1ncc(S(N)(=O)=O)cc1C(=O)NCC1(C(C)C)CC1. The molecule has 0 atom stereocenters. The van der Waals surface area contributed by atoms with Crippen molar-refractivity contribution in [1.82, 2.24) is 10.3 Å². The standard InChI is InChI=1S/C14H21N3O3S/c1-9(2)14(4-5-14)8-17-13(18)12-6-11(21(15,19)20)7-16-10(12)3/h6-7,9H,4-5,8H2,1-3H3,(H,17,18)(H2,15,19,20). The number of carbonyl (C=O) groups is 1. The van der Waals surface area contributed by atoms with Gasteiger partial charge < -0.3 is 5.32 Å². The van der Waals surface area contributed by atoms with Gasteiger partial charge in [-0.1, -0.05) is 13.8 Å². The number of nitrogens with one attached hydrogen (secondary N) is 1. The minimum Gasteiger partial charge on any atom is -0.351 e. The third kappa shape index (κ3) is 3.41. The zero-order valence-electron chi connectivity index (χ0n) is 12.5. The van der Waals surface area contributed by atoms with Crippen molar-refractivity contribution in [2.45, 2.75) is 38.5 Å². The molecule has 1 fully saturated rings. The van der Waals surface area contributed by atoms with Gasteiger partial charge in [0.1, 0.15) is 4.90 Å². The highest BCUT2D eigenvalue weighted by Gasteiger charge is 2.45. The van der Waals surface area contributed by atoms with Crippen molar-refractivity contribution in [2.24, 2.45) is 16.5 Å². The van der Waals surface area contributed by atoms with E-state index in [1.54, 1.807) is 6.92 Å². The summed E-state index contributed by atoms with van der Waals surface area (Å²) in [6, 6.07) is 1.28. The average molecular weight is 311 g/mol. The van der Waals surface area contributed by atoms with Gasteiger partial charge in [0.2, 0.25) is 10.0 Å². The molecule has 1 aromatic rings. The number of hydrogen-bond donors (Lipinski definition) is 2. The van der Waals surface area contributed by atoms with Crippen LogP contribution in [0.3, 0.4) is 0 Å². The summed E-state index contributed by atoms with van der Waals surface area (Å²) in [5.41, 5.74) is 0.921. The van der Waals surface area contributed by atoms with Crippen LogP contribution in [-0.2, 0) is 10.0 Å². The molecule has 0 saturated heterocycles. The normalized spacial score (nSPS) is 16.8. The van der Waals surface area contributed by atoms with Crippen LogP contribution in [0.5, 0.6) is 0 Å². The van der Waals surface area contributed by atoms with Gasteiger partial charge in [-0.25, -0.2) is 13.6 Å². The lowest BCUT2D eigenvalue weighted by molar-refractivity contribution is 0.0938. The summed E-state index contributed by atoms with van der Waals surface area (Å²) in [5, 5.41) is 7.96. The first-order valence-electron chi connectivity index (χ1n) is 6.93. The van der Waals surface area contributed by atoms with Crippen molar-refractivity contribution >= 4 is 15.9 Å². The second-order valence-electron chi connectivity index (χ2n) is 6.05. The van der Waals surface area contributed by atoms with E-state index in [-0.39, 0.29) is 21.8 Å². The molecule has 0 aliphatic heterocycles. The summed E-state index contributed by atoms with van der Waals surface area (Å²) in [4.78, 5) is 16.0. The molecule has 21 heavy (non-hydrogen) atoms. The smallest absolute Gasteiger partial charge is 0.253 e. The highest BCUT2D eigenvalue weighted by Crippen LogP contribution is 2.51. The van der Waals surface area contributed by atoms with Crippen LogP contribution in [0.1, 0.15) is 42.7 Å². The number of amides is 1. The van der Waals surface area contributed by atoms with Gasteiger partial charge in [0, 0.05) is 12.7 Å². The molecule has 1 saturated carbocycles. The monoisotopic (exact) mass is 311 g/mol. The molecule has 3 N–H and O–H groups in total. The fourth-order valence-corrected chi connectivity index (χ4v) is 2.85. The Morgan fingerprint density at radius 1 is 1.48 bits per heavy atom. The quantitative estimate of drug-likeness (QED) is 0.853. The molecule has 7 heteroatoms. The number of pyridine rings is 1. The average Bonchev–Trinajstić information content (AvgIpc) is 3.16. The van der Waals surface area contributed by atoms with Crippen LogP contribution in [0.4, 0.5) is 0 Å². The Morgan fingerprint density at radius 3 is 2.57 bits per heavy atom. The molecular formula is C14H21N3O3S. The Labute approximate surface area is 125 Å². The first-order valence-corrected chi connectivity index (χ1v) is 8.48. The van der Waals surface area contributed by atoms with E-state index in [1.165, 1.54) is 6.07 Å². The van der Waals surface area contributed by atoms with Gasteiger partial charge in [-0.2, -0.15) is 0 Å². The summed E-state index contributed by atoms with van der Waals surface area (Å²) in [6.45, 7) is 6.56. The Kier molecular flexibility index (Phi) is 4.08. The van der Waals surface area contributed by atoms with Crippen LogP contribution in [0.15, 0.2) is 17.2 Å². The molecule has 0 unspecified atom stereocenters. The number of rotatable bonds is 5. The second kappa shape index (κ2) is 5.38. The van der Waals surface area contributed by atoms with Crippen LogP contribution in [-0.4, -0.2) is 25.9 Å². The number of nitrogens with zero attached hydrogens (tertiary/aromatic N) is 1. The van der Waals surface area contributed by atoms with E-state index in [0.717, 1.165) is 19.0 Å². The molecule has 116 valence electrons. The Balaban J connectivity index is 2.16. The van der Waals surface area contributed by atoms with Gasteiger partial charge in [-0.3, -0.25) is 9.78 Å². The molecule has 1 amide bonds. The van der Waals surface area contributed by atoms with E-state index in [4.69, 9.17) is 5.14 Å². The van der Waals surface area contributed by atoms with Gasteiger partial charge >= 0.3 is 0 Å². The zero-order chi connectivity index (χ0) is 15.8. The number of primary sulfonamides is 1. The maximum Gasteiger partial charge on any atom is 0.253 e. The van der Waals surface area contributed by atoms with E-state index >= 15 is 0 Å². The van der Waals surface area contributed by atoms with E-state index < -0.39 is 10.0 Å². The Bertz CT molecular complexity index is 664. The number of sulfonamides is 1. The van der Waals surface area contributed by atoms with Crippen molar-refractivity contribution in [2.75, 3.05) is 6.54 Å². The zero-order valence-corrected chi connectivity index (χ0v) is 13.3. The number of carbonyl (C=O) groups excluding carboxylic acids is 1. The van der Waals surface area contributed by atoms with Crippen LogP contribution in [0.2, 0.25) is 0 Å². The Hall–Kier alpha value is -1.47. The summed E-state index contributed by atoms with van der Waals surface area (Å²) >= 11 is 0. The van der Waals surface area contributed by atoms with Crippen molar-refractivity contribution in [3.05, 3.63) is 23.5 Å². The van der Waals surface area contributed by atoms with Crippen molar-refractivity contribution in [1.29, 1.82) is 0 Å². The summed E-state index contributed by atoms with van der Waals surface area (Å²) < 4.78 is 22.7. The van der Waals surface area contributed by atoms with Gasteiger partial charge in [0.25, 0.3) is 5.91 Å². The maximum absolute atomic E-state index is 12.3. The number of aromatic nitrogens is 1. The fraction of sp³-hybridized carbons (Fsp3) is 0.571. The molecular weight excluding hydrogens is 290 g/mol.